The molecule has 0 radical (unpaired) electrons. The zero-order valence-electron chi connectivity index (χ0n) is 11.9. The standard InChI is InChI=1S/C18H14N2O/c1-11-4-3-5-12(2)17(11)18(21)15-10-20-16-8-13(9-19)6-7-14(15)16/h3-8,10,20H,1-2H3. The van der Waals surface area contributed by atoms with Crippen LogP contribution in [0.1, 0.15) is 32.6 Å². The first kappa shape index (κ1) is 13.1. The Morgan fingerprint density at radius 1 is 1.14 bits per heavy atom. The maximum Gasteiger partial charge on any atom is 0.195 e. The average Bonchev–Trinajstić information content (AvgIpc) is 2.89. The number of aromatic nitrogens is 1. The molecule has 0 spiro atoms. The number of carbonyl (C=O) groups excluding carboxylic acids is 1. The molecular formula is C18H14N2O. The first-order chi connectivity index (χ1) is 10.1. The molecule has 3 nitrogen and oxygen atoms in total. The molecule has 0 aliphatic heterocycles. The third-order valence-corrected chi connectivity index (χ3v) is 3.76. The van der Waals surface area contributed by atoms with Gasteiger partial charge in [0.05, 0.1) is 11.6 Å². The maximum atomic E-state index is 12.8. The van der Waals surface area contributed by atoms with Crippen LogP contribution in [0.3, 0.4) is 0 Å². The van der Waals surface area contributed by atoms with E-state index in [4.69, 9.17) is 5.26 Å². The predicted molar refractivity (Wildman–Crippen MR) is 82.4 cm³/mol. The fourth-order valence-corrected chi connectivity index (χ4v) is 2.69. The van der Waals surface area contributed by atoms with Crippen molar-refractivity contribution in [3.63, 3.8) is 0 Å². The van der Waals surface area contributed by atoms with E-state index >= 15 is 0 Å². The Balaban J connectivity index is 2.17. The zero-order chi connectivity index (χ0) is 15.0. The third kappa shape index (κ3) is 2.11. The summed E-state index contributed by atoms with van der Waals surface area (Å²) < 4.78 is 0. The predicted octanol–water partition coefficient (Wildman–Crippen LogP) is 3.89. The number of aryl methyl sites for hydroxylation is 2. The van der Waals surface area contributed by atoms with Gasteiger partial charge in [-0.3, -0.25) is 4.79 Å². The van der Waals surface area contributed by atoms with Gasteiger partial charge in [-0.2, -0.15) is 5.26 Å². The van der Waals surface area contributed by atoms with Gasteiger partial charge < -0.3 is 4.98 Å². The monoisotopic (exact) mass is 274 g/mol. The van der Waals surface area contributed by atoms with Gasteiger partial charge in [0.2, 0.25) is 0 Å². The van der Waals surface area contributed by atoms with Gasteiger partial charge in [0, 0.05) is 28.2 Å². The Morgan fingerprint density at radius 2 is 1.86 bits per heavy atom. The number of benzene rings is 2. The van der Waals surface area contributed by atoms with Crippen molar-refractivity contribution >= 4 is 16.7 Å². The van der Waals surface area contributed by atoms with Crippen molar-refractivity contribution in [2.45, 2.75) is 13.8 Å². The summed E-state index contributed by atoms with van der Waals surface area (Å²) in [5.41, 5.74) is 4.74. The second kappa shape index (κ2) is 4.92. The molecule has 3 rings (SSSR count). The van der Waals surface area contributed by atoms with E-state index in [1.165, 1.54) is 0 Å². The van der Waals surface area contributed by atoms with Crippen LogP contribution in [0.5, 0.6) is 0 Å². The van der Waals surface area contributed by atoms with Gasteiger partial charge in [-0.25, -0.2) is 0 Å². The quantitative estimate of drug-likeness (QED) is 0.721. The van der Waals surface area contributed by atoms with Crippen LogP contribution in [0.25, 0.3) is 10.9 Å². The number of rotatable bonds is 2. The van der Waals surface area contributed by atoms with E-state index in [9.17, 15) is 4.79 Å². The van der Waals surface area contributed by atoms with E-state index in [2.05, 4.69) is 11.1 Å². The second-order valence-corrected chi connectivity index (χ2v) is 5.17. The van der Waals surface area contributed by atoms with Crippen LogP contribution in [0.4, 0.5) is 0 Å². The second-order valence-electron chi connectivity index (χ2n) is 5.17. The summed E-state index contributed by atoms with van der Waals surface area (Å²) >= 11 is 0. The molecule has 2 aromatic carbocycles. The van der Waals surface area contributed by atoms with Crippen LogP contribution in [0, 0.1) is 25.2 Å². The zero-order valence-corrected chi connectivity index (χ0v) is 11.9. The number of aromatic amines is 1. The number of ketones is 1. The summed E-state index contributed by atoms with van der Waals surface area (Å²) in [6, 6.07) is 13.3. The molecule has 0 amide bonds. The minimum atomic E-state index is 0.0153. The highest BCUT2D eigenvalue weighted by Crippen LogP contribution is 2.25. The van der Waals surface area contributed by atoms with Crippen molar-refractivity contribution in [1.29, 1.82) is 5.26 Å². The highest BCUT2D eigenvalue weighted by Gasteiger charge is 2.17. The van der Waals surface area contributed by atoms with E-state index in [-0.39, 0.29) is 5.78 Å². The largest absolute Gasteiger partial charge is 0.360 e. The summed E-state index contributed by atoms with van der Waals surface area (Å²) in [5, 5.41) is 9.78. The van der Waals surface area contributed by atoms with Crippen molar-refractivity contribution < 1.29 is 4.79 Å². The molecule has 1 N–H and O–H groups in total. The van der Waals surface area contributed by atoms with Crippen molar-refractivity contribution in [2.75, 3.05) is 0 Å². The van der Waals surface area contributed by atoms with Gasteiger partial charge in [-0.05, 0) is 37.1 Å². The Kier molecular flexibility index (Phi) is 3.08. The summed E-state index contributed by atoms with van der Waals surface area (Å²) in [7, 11) is 0. The Bertz CT molecular complexity index is 877. The van der Waals surface area contributed by atoms with Gasteiger partial charge in [0.25, 0.3) is 0 Å². The summed E-state index contributed by atoms with van der Waals surface area (Å²) in [6.45, 7) is 3.89. The van der Waals surface area contributed by atoms with Gasteiger partial charge in [0.15, 0.2) is 5.78 Å². The lowest BCUT2D eigenvalue weighted by atomic mass is 9.94. The molecule has 1 heterocycles. The van der Waals surface area contributed by atoms with E-state index in [1.54, 1.807) is 18.3 Å². The lowest BCUT2D eigenvalue weighted by Crippen LogP contribution is -2.05. The van der Waals surface area contributed by atoms with Gasteiger partial charge >= 0.3 is 0 Å². The molecule has 0 fully saturated rings. The number of hydrogen-bond acceptors (Lipinski definition) is 2. The molecule has 3 aromatic rings. The van der Waals surface area contributed by atoms with Crippen molar-refractivity contribution in [1.82, 2.24) is 4.98 Å². The summed E-state index contributed by atoms with van der Waals surface area (Å²) in [4.78, 5) is 15.9. The van der Waals surface area contributed by atoms with Gasteiger partial charge in [0.1, 0.15) is 0 Å². The Morgan fingerprint density at radius 3 is 2.52 bits per heavy atom. The molecule has 0 saturated heterocycles. The third-order valence-electron chi connectivity index (χ3n) is 3.76. The molecular weight excluding hydrogens is 260 g/mol. The molecule has 0 bridgehead atoms. The van der Waals surface area contributed by atoms with Crippen LogP contribution >= 0.6 is 0 Å². The van der Waals surface area contributed by atoms with E-state index in [0.717, 1.165) is 27.6 Å². The smallest absolute Gasteiger partial charge is 0.195 e. The summed E-state index contributed by atoms with van der Waals surface area (Å²) in [5.74, 6) is 0.0153. The fourth-order valence-electron chi connectivity index (χ4n) is 2.69. The molecule has 0 aliphatic carbocycles. The SMILES string of the molecule is Cc1cccc(C)c1C(=O)c1c[nH]c2cc(C#N)ccc12. The Hall–Kier alpha value is -2.86. The van der Waals surface area contributed by atoms with Crippen molar-refractivity contribution in [3.05, 3.63) is 70.4 Å². The molecule has 3 heteroatoms. The van der Waals surface area contributed by atoms with E-state index < -0.39 is 0 Å². The number of carbonyl (C=O) groups is 1. The first-order valence-electron chi connectivity index (χ1n) is 6.74. The fraction of sp³-hybridized carbons (Fsp3) is 0.111. The molecule has 21 heavy (non-hydrogen) atoms. The van der Waals surface area contributed by atoms with Crippen LogP contribution in [0.2, 0.25) is 0 Å². The molecule has 0 aliphatic rings. The average molecular weight is 274 g/mol. The van der Waals surface area contributed by atoms with Crippen molar-refractivity contribution in [3.8, 4) is 6.07 Å². The van der Waals surface area contributed by atoms with E-state index in [0.29, 0.717) is 11.1 Å². The van der Waals surface area contributed by atoms with Crippen LogP contribution < -0.4 is 0 Å². The Labute approximate surface area is 122 Å². The number of nitrogens with zero attached hydrogens (tertiary/aromatic N) is 1. The lowest BCUT2D eigenvalue weighted by molar-refractivity contribution is 0.103. The lowest BCUT2D eigenvalue weighted by Gasteiger charge is -2.07. The van der Waals surface area contributed by atoms with Crippen LogP contribution in [-0.2, 0) is 0 Å². The van der Waals surface area contributed by atoms with Crippen LogP contribution in [-0.4, -0.2) is 10.8 Å². The topological polar surface area (TPSA) is 56.6 Å². The highest BCUT2D eigenvalue weighted by atomic mass is 16.1. The molecule has 102 valence electrons. The number of H-pyrrole nitrogens is 1. The number of fused-ring (bicyclic) bond motifs is 1. The van der Waals surface area contributed by atoms with Crippen LogP contribution in [0.15, 0.2) is 42.6 Å². The molecule has 0 unspecified atom stereocenters. The number of nitriles is 1. The molecule has 0 saturated carbocycles. The maximum absolute atomic E-state index is 12.8. The highest BCUT2D eigenvalue weighted by molar-refractivity contribution is 6.17. The number of nitrogens with one attached hydrogen (secondary N) is 1. The summed E-state index contributed by atoms with van der Waals surface area (Å²) in [6.07, 6.45) is 1.72. The minimum Gasteiger partial charge on any atom is -0.360 e. The normalized spacial score (nSPS) is 10.5. The first-order valence-corrected chi connectivity index (χ1v) is 6.74. The molecule has 1 aromatic heterocycles. The molecule has 0 atom stereocenters. The van der Waals surface area contributed by atoms with Gasteiger partial charge in [-0.1, -0.05) is 24.3 Å². The minimum absolute atomic E-state index is 0.0153. The van der Waals surface area contributed by atoms with E-state index in [1.807, 2.05) is 38.1 Å². The number of hydrogen-bond donors (Lipinski definition) is 1. The van der Waals surface area contributed by atoms with Crippen molar-refractivity contribution in [2.24, 2.45) is 0 Å². The van der Waals surface area contributed by atoms with Gasteiger partial charge in [-0.15, -0.1) is 0 Å².